The number of carbonyl (C=O) groups excluding carboxylic acids is 3. The molecule has 0 N–H and O–H groups in total. The molecule has 7 heteroatoms. The van der Waals surface area contributed by atoms with E-state index < -0.39 is 23.3 Å². The van der Waals surface area contributed by atoms with Crippen LogP contribution in [-0.2, 0) is 0 Å². The third-order valence-corrected chi connectivity index (χ3v) is 4.16. The highest BCUT2D eigenvalue weighted by atomic mass is 16.6. The Morgan fingerprint density at radius 2 is 1.72 bits per heavy atom. The summed E-state index contributed by atoms with van der Waals surface area (Å²) in [7, 11) is 0. The van der Waals surface area contributed by atoms with Crippen LogP contribution in [0.15, 0.2) is 36.4 Å². The van der Waals surface area contributed by atoms with E-state index in [-0.39, 0.29) is 22.6 Å². The van der Waals surface area contributed by atoms with Crippen LogP contribution in [-0.4, -0.2) is 34.0 Å². The molecule has 126 valence electrons. The maximum absolute atomic E-state index is 12.5. The molecule has 1 heterocycles. The van der Waals surface area contributed by atoms with Crippen LogP contribution in [0.5, 0.6) is 0 Å². The maximum Gasteiger partial charge on any atom is 0.270 e. The van der Waals surface area contributed by atoms with Crippen LogP contribution in [0.2, 0.25) is 0 Å². The van der Waals surface area contributed by atoms with Gasteiger partial charge in [0.25, 0.3) is 17.5 Å². The van der Waals surface area contributed by atoms with Crippen LogP contribution in [0.4, 0.5) is 5.69 Å². The van der Waals surface area contributed by atoms with Crippen LogP contribution in [0, 0.1) is 24.0 Å². The summed E-state index contributed by atoms with van der Waals surface area (Å²) in [5.41, 5.74) is 1.84. The van der Waals surface area contributed by atoms with E-state index in [4.69, 9.17) is 0 Å². The molecule has 0 spiro atoms. The average molecular weight is 338 g/mol. The Labute approximate surface area is 143 Å². The number of amides is 2. The van der Waals surface area contributed by atoms with Crippen molar-refractivity contribution in [1.29, 1.82) is 0 Å². The second-order valence-corrected chi connectivity index (χ2v) is 5.92. The molecule has 2 amide bonds. The number of rotatable bonds is 4. The topological polar surface area (TPSA) is 97.6 Å². The molecule has 0 unspecified atom stereocenters. The standard InChI is InChI=1S/C18H14N2O5/c1-10-3-4-11(2)14(7-10)16(21)9-19-17(22)13-6-5-12(20(24)25)8-15(13)18(19)23/h3-8H,9H2,1-2H3. The van der Waals surface area contributed by atoms with E-state index in [0.29, 0.717) is 5.56 Å². The van der Waals surface area contributed by atoms with Gasteiger partial charge < -0.3 is 0 Å². The fourth-order valence-corrected chi connectivity index (χ4v) is 2.80. The lowest BCUT2D eigenvalue weighted by Gasteiger charge is -2.14. The number of imide groups is 1. The molecule has 1 aliphatic heterocycles. The third kappa shape index (κ3) is 2.80. The number of hydrogen-bond donors (Lipinski definition) is 0. The predicted octanol–water partition coefficient (Wildman–Crippen LogP) is 2.69. The van der Waals surface area contributed by atoms with E-state index in [0.717, 1.165) is 22.1 Å². The second-order valence-electron chi connectivity index (χ2n) is 5.92. The Morgan fingerprint density at radius 1 is 1.04 bits per heavy atom. The molecule has 3 rings (SSSR count). The van der Waals surface area contributed by atoms with Gasteiger partial charge in [-0.1, -0.05) is 17.7 Å². The van der Waals surface area contributed by atoms with Crippen molar-refractivity contribution in [1.82, 2.24) is 4.90 Å². The van der Waals surface area contributed by atoms with Crippen molar-refractivity contribution in [2.24, 2.45) is 0 Å². The number of hydrogen-bond acceptors (Lipinski definition) is 5. The van der Waals surface area contributed by atoms with Crippen LogP contribution in [0.1, 0.15) is 42.2 Å². The molecule has 0 bridgehead atoms. The highest BCUT2D eigenvalue weighted by molar-refractivity contribution is 6.23. The Balaban J connectivity index is 1.90. The summed E-state index contributed by atoms with van der Waals surface area (Å²) in [5, 5.41) is 10.8. The Hall–Kier alpha value is -3.35. The zero-order valence-electron chi connectivity index (χ0n) is 13.6. The molecule has 0 atom stereocenters. The van der Waals surface area contributed by atoms with Crippen molar-refractivity contribution in [3.8, 4) is 0 Å². The van der Waals surface area contributed by atoms with Gasteiger partial charge in [-0.2, -0.15) is 0 Å². The molecule has 2 aromatic rings. The molecule has 1 aliphatic rings. The zero-order valence-corrected chi connectivity index (χ0v) is 13.6. The largest absolute Gasteiger partial charge is 0.292 e. The van der Waals surface area contributed by atoms with Gasteiger partial charge in [0, 0.05) is 17.7 Å². The summed E-state index contributed by atoms with van der Waals surface area (Å²) in [6.07, 6.45) is 0. The molecular weight excluding hydrogens is 324 g/mol. The summed E-state index contributed by atoms with van der Waals surface area (Å²) >= 11 is 0. The Morgan fingerprint density at radius 3 is 2.40 bits per heavy atom. The van der Waals surface area contributed by atoms with Crippen LogP contribution < -0.4 is 0 Å². The lowest BCUT2D eigenvalue weighted by molar-refractivity contribution is -0.384. The van der Waals surface area contributed by atoms with E-state index >= 15 is 0 Å². The number of Topliss-reactive ketones (excluding diaryl/α,β-unsaturated/α-hetero) is 1. The fourth-order valence-electron chi connectivity index (χ4n) is 2.80. The normalized spacial score (nSPS) is 13.1. The number of ketones is 1. The van der Waals surface area contributed by atoms with E-state index in [9.17, 15) is 24.5 Å². The van der Waals surface area contributed by atoms with Gasteiger partial charge in [0.05, 0.1) is 22.6 Å². The molecule has 7 nitrogen and oxygen atoms in total. The lowest BCUT2D eigenvalue weighted by atomic mass is 10.0. The highest BCUT2D eigenvalue weighted by Gasteiger charge is 2.38. The van der Waals surface area contributed by atoms with Gasteiger partial charge in [-0.15, -0.1) is 0 Å². The molecule has 0 aromatic heterocycles. The molecular formula is C18H14N2O5. The van der Waals surface area contributed by atoms with Gasteiger partial charge in [-0.05, 0) is 31.5 Å². The molecule has 0 saturated heterocycles. The number of fused-ring (bicyclic) bond motifs is 1. The third-order valence-electron chi connectivity index (χ3n) is 4.16. The smallest absolute Gasteiger partial charge is 0.270 e. The average Bonchev–Trinajstić information content (AvgIpc) is 2.81. The van der Waals surface area contributed by atoms with Gasteiger partial charge in [-0.3, -0.25) is 29.4 Å². The number of nitrogens with zero attached hydrogens (tertiary/aromatic N) is 2. The van der Waals surface area contributed by atoms with Gasteiger partial charge in [-0.25, -0.2) is 0 Å². The van der Waals surface area contributed by atoms with E-state index in [1.807, 2.05) is 13.0 Å². The van der Waals surface area contributed by atoms with E-state index in [2.05, 4.69) is 0 Å². The minimum absolute atomic E-state index is 0.0482. The first-order chi connectivity index (χ1) is 11.8. The minimum Gasteiger partial charge on any atom is -0.292 e. The Bertz CT molecular complexity index is 948. The van der Waals surface area contributed by atoms with Crippen molar-refractivity contribution in [3.05, 3.63) is 74.3 Å². The van der Waals surface area contributed by atoms with Gasteiger partial charge >= 0.3 is 0 Å². The van der Waals surface area contributed by atoms with E-state index in [1.54, 1.807) is 19.1 Å². The van der Waals surface area contributed by atoms with Gasteiger partial charge in [0.1, 0.15) is 0 Å². The number of carbonyl (C=O) groups is 3. The first-order valence-corrected chi connectivity index (χ1v) is 7.54. The molecule has 0 radical (unpaired) electrons. The SMILES string of the molecule is Cc1ccc(C)c(C(=O)CN2C(=O)c3ccc([N+](=O)[O-])cc3C2=O)c1. The van der Waals surface area contributed by atoms with Gasteiger partial charge in [0.2, 0.25) is 0 Å². The summed E-state index contributed by atoms with van der Waals surface area (Å²) in [6.45, 7) is 3.22. The minimum atomic E-state index is -0.692. The summed E-state index contributed by atoms with van der Waals surface area (Å²) in [5.74, 6) is -1.67. The molecule has 25 heavy (non-hydrogen) atoms. The highest BCUT2D eigenvalue weighted by Crippen LogP contribution is 2.27. The van der Waals surface area contributed by atoms with Crippen molar-refractivity contribution in [2.45, 2.75) is 13.8 Å². The summed E-state index contributed by atoms with van der Waals surface area (Å²) in [6, 6.07) is 8.86. The molecule has 0 saturated carbocycles. The Kier molecular flexibility index (Phi) is 3.92. The monoisotopic (exact) mass is 338 g/mol. The van der Waals surface area contributed by atoms with Crippen LogP contribution >= 0.6 is 0 Å². The van der Waals surface area contributed by atoms with Crippen LogP contribution in [0.25, 0.3) is 0 Å². The molecule has 2 aromatic carbocycles. The first kappa shape index (κ1) is 16.5. The number of aryl methyl sites for hydroxylation is 2. The van der Waals surface area contributed by atoms with Crippen LogP contribution in [0.3, 0.4) is 0 Å². The zero-order chi connectivity index (χ0) is 18.3. The quantitative estimate of drug-likeness (QED) is 0.369. The predicted molar refractivity (Wildman–Crippen MR) is 88.7 cm³/mol. The fraction of sp³-hybridized carbons (Fsp3) is 0.167. The van der Waals surface area contributed by atoms with Crippen molar-refractivity contribution in [2.75, 3.05) is 6.54 Å². The molecule has 0 aliphatic carbocycles. The summed E-state index contributed by atoms with van der Waals surface area (Å²) < 4.78 is 0. The van der Waals surface area contributed by atoms with Gasteiger partial charge in [0.15, 0.2) is 5.78 Å². The van der Waals surface area contributed by atoms with Crippen molar-refractivity contribution in [3.63, 3.8) is 0 Å². The maximum atomic E-state index is 12.5. The first-order valence-electron chi connectivity index (χ1n) is 7.54. The molecule has 0 fully saturated rings. The van der Waals surface area contributed by atoms with Crippen molar-refractivity contribution < 1.29 is 19.3 Å². The van der Waals surface area contributed by atoms with E-state index in [1.165, 1.54) is 12.1 Å². The number of non-ortho nitro benzene ring substituents is 1. The second kappa shape index (κ2) is 5.94. The number of nitro benzene ring substituents is 1. The number of benzene rings is 2. The number of nitro groups is 1. The lowest BCUT2D eigenvalue weighted by Crippen LogP contribution is -2.35. The summed E-state index contributed by atoms with van der Waals surface area (Å²) in [4.78, 5) is 48.4. The van der Waals surface area contributed by atoms with Crippen molar-refractivity contribution >= 4 is 23.3 Å².